The zero-order valence-electron chi connectivity index (χ0n) is 11.0. The normalized spacial score (nSPS) is 13.4. The molecule has 0 saturated carbocycles. The van der Waals surface area contributed by atoms with Crippen molar-refractivity contribution >= 4 is 0 Å². The van der Waals surface area contributed by atoms with Gasteiger partial charge in [-0.15, -0.1) is 0 Å². The van der Waals surface area contributed by atoms with Gasteiger partial charge in [0.2, 0.25) is 5.88 Å². The molecule has 0 spiro atoms. The fraction of sp³-hybridized carbons (Fsp3) is 0.312. The number of benzene rings is 1. The van der Waals surface area contributed by atoms with Crippen LogP contribution in [0.1, 0.15) is 28.8 Å². The van der Waals surface area contributed by atoms with Gasteiger partial charge in [0.15, 0.2) is 0 Å². The van der Waals surface area contributed by atoms with Gasteiger partial charge in [0, 0.05) is 11.8 Å². The summed E-state index contributed by atoms with van der Waals surface area (Å²) in [5, 5.41) is 9.12. The summed E-state index contributed by atoms with van der Waals surface area (Å²) < 4.78 is 5.79. The molecule has 19 heavy (non-hydrogen) atoms. The van der Waals surface area contributed by atoms with E-state index in [2.05, 4.69) is 17.1 Å². The number of hydrogen-bond donors (Lipinski definition) is 1. The molecular formula is C16H17NO2. The Hall–Kier alpha value is -1.87. The summed E-state index contributed by atoms with van der Waals surface area (Å²) in [5.74, 6) is 1.41. The van der Waals surface area contributed by atoms with Gasteiger partial charge in [-0.05, 0) is 61.1 Å². The smallest absolute Gasteiger partial charge is 0.219 e. The van der Waals surface area contributed by atoms with Crippen molar-refractivity contribution in [3.63, 3.8) is 0 Å². The van der Waals surface area contributed by atoms with E-state index in [1.54, 1.807) is 6.07 Å². The van der Waals surface area contributed by atoms with Crippen molar-refractivity contribution < 1.29 is 9.84 Å². The number of aryl methyl sites for hydroxylation is 3. The van der Waals surface area contributed by atoms with Crippen LogP contribution in [0.3, 0.4) is 0 Å². The van der Waals surface area contributed by atoms with E-state index >= 15 is 0 Å². The second-order valence-electron chi connectivity index (χ2n) is 4.94. The van der Waals surface area contributed by atoms with Gasteiger partial charge in [-0.3, -0.25) is 0 Å². The molecule has 1 aromatic carbocycles. The summed E-state index contributed by atoms with van der Waals surface area (Å²) in [6.07, 6.45) is 3.56. The van der Waals surface area contributed by atoms with Crippen molar-refractivity contribution in [2.75, 3.05) is 0 Å². The summed E-state index contributed by atoms with van der Waals surface area (Å²) in [4.78, 5) is 4.35. The van der Waals surface area contributed by atoms with E-state index in [9.17, 15) is 0 Å². The molecule has 1 aliphatic carbocycles. The molecule has 3 heteroatoms. The summed E-state index contributed by atoms with van der Waals surface area (Å²) in [6.45, 7) is 1.89. The third kappa shape index (κ3) is 2.47. The minimum atomic E-state index is 0.0119. The minimum absolute atomic E-state index is 0.0119. The van der Waals surface area contributed by atoms with Crippen LogP contribution in [0.4, 0.5) is 0 Å². The third-order valence-electron chi connectivity index (χ3n) is 3.63. The van der Waals surface area contributed by atoms with Gasteiger partial charge in [-0.2, -0.15) is 0 Å². The molecule has 1 N–H and O–H groups in total. The molecule has 0 radical (unpaired) electrons. The van der Waals surface area contributed by atoms with E-state index in [4.69, 9.17) is 9.84 Å². The molecule has 0 unspecified atom stereocenters. The van der Waals surface area contributed by atoms with E-state index < -0.39 is 0 Å². The van der Waals surface area contributed by atoms with Gasteiger partial charge in [0.25, 0.3) is 0 Å². The molecule has 3 nitrogen and oxygen atoms in total. The highest BCUT2D eigenvalue weighted by Gasteiger charge is 2.12. The van der Waals surface area contributed by atoms with Crippen LogP contribution in [0.5, 0.6) is 11.6 Å². The van der Waals surface area contributed by atoms with Crippen LogP contribution >= 0.6 is 0 Å². The molecule has 3 rings (SSSR count). The quantitative estimate of drug-likeness (QED) is 0.916. The third-order valence-corrected chi connectivity index (χ3v) is 3.63. The Labute approximate surface area is 112 Å². The number of nitrogens with zero attached hydrogens (tertiary/aromatic N) is 1. The van der Waals surface area contributed by atoms with E-state index in [1.165, 1.54) is 24.0 Å². The lowest BCUT2D eigenvalue weighted by atomic mass is 10.1. The number of hydrogen-bond acceptors (Lipinski definition) is 3. The van der Waals surface area contributed by atoms with Crippen molar-refractivity contribution in [3.05, 3.63) is 52.7 Å². The van der Waals surface area contributed by atoms with Crippen molar-refractivity contribution in [2.24, 2.45) is 0 Å². The molecule has 0 saturated heterocycles. The number of ether oxygens (including phenoxy) is 1. The number of rotatable bonds is 3. The Kier molecular flexibility index (Phi) is 3.22. The molecule has 1 aromatic heterocycles. The summed E-state index contributed by atoms with van der Waals surface area (Å²) in [7, 11) is 0. The van der Waals surface area contributed by atoms with Gasteiger partial charge in [-0.1, -0.05) is 6.07 Å². The highest BCUT2D eigenvalue weighted by Crippen LogP contribution is 2.28. The van der Waals surface area contributed by atoms with Crippen LogP contribution in [0.15, 0.2) is 30.3 Å². The maximum absolute atomic E-state index is 9.12. The molecule has 0 atom stereocenters. The molecule has 1 aliphatic rings. The van der Waals surface area contributed by atoms with Crippen molar-refractivity contribution in [1.82, 2.24) is 4.98 Å². The van der Waals surface area contributed by atoms with Crippen LogP contribution in [0, 0.1) is 6.92 Å². The first-order chi connectivity index (χ1) is 9.26. The molecule has 0 aliphatic heterocycles. The number of fused-ring (bicyclic) bond motifs is 1. The predicted molar refractivity (Wildman–Crippen MR) is 73.4 cm³/mol. The topological polar surface area (TPSA) is 42.4 Å². The lowest BCUT2D eigenvalue weighted by Gasteiger charge is -2.09. The molecule has 2 aromatic rings. The zero-order chi connectivity index (χ0) is 13.2. The molecule has 98 valence electrons. The standard InChI is InChI=1S/C16H17NO2/c1-11-14(10-18)6-8-16(17-11)19-15-7-5-12-3-2-4-13(12)9-15/h5-9,18H,2-4,10H2,1H3. The molecule has 1 heterocycles. The summed E-state index contributed by atoms with van der Waals surface area (Å²) >= 11 is 0. The maximum atomic E-state index is 9.12. The van der Waals surface area contributed by atoms with Crippen LogP contribution in [-0.2, 0) is 19.4 Å². The molecular weight excluding hydrogens is 238 g/mol. The van der Waals surface area contributed by atoms with Crippen molar-refractivity contribution in [3.8, 4) is 11.6 Å². The zero-order valence-corrected chi connectivity index (χ0v) is 11.0. The number of pyridine rings is 1. The average molecular weight is 255 g/mol. The Balaban J connectivity index is 1.83. The van der Waals surface area contributed by atoms with E-state index in [0.29, 0.717) is 5.88 Å². The summed E-state index contributed by atoms with van der Waals surface area (Å²) in [6, 6.07) is 9.91. The Morgan fingerprint density at radius 3 is 2.79 bits per heavy atom. The van der Waals surface area contributed by atoms with Crippen LogP contribution in [-0.4, -0.2) is 10.1 Å². The highest BCUT2D eigenvalue weighted by atomic mass is 16.5. The first kappa shape index (κ1) is 12.2. The second kappa shape index (κ2) is 5.02. The average Bonchev–Trinajstić information content (AvgIpc) is 2.86. The molecule has 0 bridgehead atoms. The SMILES string of the molecule is Cc1nc(Oc2ccc3c(c2)CCC3)ccc1CO. The van der Waals surface area contributed by atoms with Crippen LogP contribution in [0.25, 0.3) is 0 Å². The maximum Gasteiger partial charge on any atom is 0.219 e. The summed E-state index contributed by atoms with van der Waals surface area (Å²) in [5.41, 5.74) is 4.47. The first-order valence-electron chi connectivity index (χ1n) is 6.63. The van der Waals surface area contributed by atoms with Crippen molar-refractivity contribution in [1.29, 1.82) is 0 Å². The van der Waals surface area contributed by atoms with Crippen LogP contribution < -0.4 is 4.74 Å². The fourth-order valence-corrected chi connectivity index (χ4v) is 2.52. The molecule has 0 amide bonds. The first-order valence-corrected chi connectivity index (χ1v) is 6.63. The Morgan fingerprint density at radius 2 is 2.00 bits per heavy atom. The molecule has 0 fully saturated rings. The lowest BCUT2D eigenvalue weighted by Crippen LogP contribution is -1.95. The van der Waals surface area contributed by atoms with Gasteiger partial charge in [0.05, 0.1) is 6.61 Å². The van der Waals surface area contributed by atoms with E-state index in [0.717, 1.165) is 23.4 Å². The second-order valence-corrected chi connectivity index (χ2v) is 4.94. The monoisotopic (exact) mass is 255 g/mol. The number of aliphatic hydroxyl groups excluding tert-OH is 1. The highest BCUT2D eigenvalue weighted by molar-refractivity contribution is 5.40. The minimum Gasteiger partial charge on any atom is -0.439 e. The van der Waals surface area contributed by atoms with E-state index in [1.807, 2.05) is 19.1 Å². The number of aromatic nitrogens is 1. The fourth-order valence-electron chi connectivity index (χ4n) is 2.52. The largest absolute Gasteiger partial charge is 0.439 e. The van der Waals surface area contributed by atoms with Crippen molar-refractivity contribution in [2.45, 2.75) is 32.8 Å². The lowest BCUT2D eigenvalue weighted by molar-refractivity contribution is 0.280. The predicted octanol–water partition coefficient (Wildman–Crippen LogP) is 3.16. The van der Waals surface area contributed by atoms with E-state index in [-0.39, 0.29) is 6.61 Å². The Morgan fingerprint density at radius 1 is 1.16 bits per heavy atom. The van der Waals surface area contributed by atoms with Gasteiger partial charge in [0.1, 0.15) is 5.75 Å². The number of aliphatic hydroxyl groups is 1. The van der Waals surface area contributed by atoms with Gasteiger partial charge < -0.3 is 9.84 Å². The van der Waals surface area contributed by atoms with Gasteiger partial charge in [-0.25, -0.2) is 4.98 Å². The Bertz CT molecular complexity index is 608. The van der Waals surface area contributed by atoms with Crippen LogP contribution in [0.2, 0.25) is 0 Å². The van der Waals surface area contributed by atoms with Gasteiger partial charge >= 0.3 is 0 Å².